The van der Waals surface area contributed by atoms with E-state index in [0.29, 0.717) is 29.7 Å². The average molecular weight is 337 g/mol. The standard InChI is InChI=1S/C18H19N5O2/c1-3-4-17(24)22-14-5-7-15(8-6-14)25-18-11-16(20-13(2)21-18)23-10-9-19-12-23/h5-12H,3-4H2,1-2H3,(H,22,24). The Bertz CT molecular complexity index is 844. The molecule has 1 N–H and O–H groups in total. The number of imidazole rings is 1. The lowest BCUT2D eigenvalue weighted by Gasteiger charge is -2.09. The quantitative estimate of drug-likeness (QED) is 0.744. The minimum absolute atomic E-state index is 0.00701. The van der Waals surface area contributed by atoms with E-state index in [0.717, 1.165) is 12.1 Å². The number of aryl methyl sites for hydroxylation is 1. The summed E-state index contributed by atoms with van der Waals surface area (Å²) < 4.78 is 7.59. The van der Waals surface area contributed by atoms with Gasteiger partial charge in [0.25, 0.3) is 0 Å². The van der Waals surface area contributed by atoms with E-state index in [9.17, 15) is 4.79 Å². The third kappa shape index (κ3) is 4.41. The van der Waals surface area contributed by atoms with Crippen LogP contribution in [0.4, 0.5) is 5.69 Å². The minimum atomic E-state index is 0.00701. The van der Waals surface area contributed by atoms with Crippen LogP contribution in [0.15, 0.2) is 49.1 Å². The first-order valence-corrected chi connectivity index (χ1v) is 8.06. The van der Waals surface area contributed by atoms with Crippen molar-refractivity contribution in [1.29, 1.82) is 0 Å². The third-order valence-corrected chi connectivity index (χ3v) is 3.41. The topological polar surface area (TPSA) is 81.9 Å². The van der Waals surface area contributed by atoms with Gasteiger partial charge in [0.2, 0.25) is 11.8 Å². The van der Waals surface area contributed by atoms with Gasteiger partial charge >= 0.3 is 0 Å². The van der Waals surface area contributed by atoms with Gasteiger partial charge in [0.15, 0.2) is 0 Å². The fourth-order valence-electron chi connectivity index (χ4n) is 2.28. The summed E-state index contributed by atoms with van der Waals surface area (Å²) in [5.74, 6) is 2.36. The first-order chi connectivity index (χ1) is 12.1. The maximum atomic E-state index is 11.6. The molecule has 0 aliphatic carbocycles. The van der Waals surface area contributed by atoms with E-state index in [4.69, 9.17) is 4.74 Å². The van der Waals surface area contributed by atoms with Crippen LogP contribution in [0, 0.1) is 6.92 Å². The van der Waals surface area contributed by atoms with E-state index in [1.54, 1.807) is 60.5 Å². The van der Waals surface area contributed by atoms with Gasteiger partial charge in [-0.15, -0.1) is 0 Å². The fourth-order valence-corrected chi connectivity index (χ4v) is 2.28. The van der Waals surface area contributed by atoms with Crippen molar-refractivity contribution >= 4 is 11.6 Å². The number of amides is 1. The van der Waals surface area contributed by atoms with Crippen LogP contribution < -0.4 is 10.1 Å². The number of carbonyl (C=O) groups is 1. The van der Waals surface area contributed by atoms with Gasteiger partial charge in [0.1, 0.15) is 23.7 Å². The summed E-state index contributed by atoms with van der Waals surface area (Å²) in [5.41, 5.74) is 0.740. The molecule has 2 aromatic heterocycles. The van der Waals surface area contributed by atoms with Crippen molar-refractivity contribution in [2.24, 2.45) is 0 Å². The van der Waals surface area contributed by atoms with Crippen LogP contribution in [-0.4, -0.2) is 25.4 Å². The van der Waals surface area contributed by atoms with Crippen LogP contribution in [0.1, 0.15) is 25.6 Å². The van der Waals surface area contributed by atoms with Crippen LogP contribution in [0.5, 0.6) is 11.6 Å². The van der Waals surface area contributed by atoms with E-state index in [1.165, 1.54) is 0 Å². The molecule has 0 aliphatic heterocycles. The lowest BCUT2D eigenvalue weighted by molar-refractivity contribution is -0.116. The van der Waals surface area contributed by atoms with Crippen LogP contribution in [0.3, 0.4) is 0 Å². The molecule has 0 bridgehead atoms. The second-order valence-electron chi connectivity index (χ2n) is 5.51. The molecular formula is C18H19N5O2. The van der Waals surface area contributed by atoms with Crippen molar-refractivity contribution in [3.63, 3.8) is 0 Å². The largest absolute Gasteiger partial charge is 0.439 e. The summed E-state index contributed by atoms with van der Waals surface area (Å²) in [6.07, 6.45) is 6.48. The van der Waals surface area contributed by atoms with E-state index in [2.05, 4.69) is 20.3 Å². The molecule has 7 heteroatoms. The smallest absolute Gasteiger partial charge is 0.224 e. The summed E-state index contributed by atoms with van der Waals surface area (Å²) in [7, 11) is 0. The molecule has 1 aromatic carbocycles. The van der Waals surface area contributed by atoms with Crippen molar-refractivity contribution in [1.82, 2.24) is 19.5 Å². The summed E-state index contributed by atoms with van der Waals surface area (Å²) >= 11 is 0. The number of benzene rings is 1. The van der Waals surface area contributed by atoms with Crippen molar-refractivity contribution in [3.8, 4) is 17.4 Å². The Balaban J connectivity index is 1.73. The van der Waals surface area contributed by atoms with Crippen LogP contribution in [0.25, 0.3) is 5.82 Å². The van der Waals surface area contributed by atoms with Crippen LogP contribution in [0.2, 0.25) is 0 Å². The number of rotatable bonds is 6. The molecule has 0 unspecified atom stereocenters. The number of nitrogens with one attached hydrogen (secondary N) is 1. The van der Waals surface area contributed by atoms with Crippen molar-refractivity contribution in [2.75, 3.05) is 5.32 Å². The summed E-state index contributed by atoms with van der Waals surface area (Å²) in [4.78, 5) is 24.3. The molecule has 25 heavy (non-hydrogen) atoms. The minimum Gasteiger partial charge on any atom is -0.439 e. The van der Waals surface area contributed by atoms with E-state index in [-0.39, 0.29) is 5.91 Å². The molecule has 2 heterocycles. The summed E-state index contributed by atoms with van der Waals surface area (Å²) in [6, 6.07) is 8.92. The molecule has 3 rings (SSSR count). The van der Waals surface area contributed by atoms with Crippen LogP contribution >= 0.6 is 0 Å². The third-order valence-electron chi connectivity index (χ3n) is 3.41. The molecule has 128 valence electrons. The summed E-state index contributed by atoms with van der Waals surface area (Å²) in [6.45, 7) is 3.78. The predicted octanol–water partition coefficient (Wildman–Crippen LogP) is 3.50. The van der Waals surface area contributed by atoms with Gasteiger partial charge in [-0.2, -0.15) is 4.98 Å². The molecule has 0 saturated heterocycles. The second kappa shape index (κ2) is 7.57. The first-order valence-electron chi connectivity index (χ1n) is 8.06. The van der Waals surface area contributed by atoms with Gasteiger partial charge in [0, 0.05) is 30.6 Å². The van der Waals surface area contributed by atoms with Gasteiger partial charge in [-0.25, -0.2) is 9.97 Å². The molecule has 0 saturated carbocycles. The predicted molar refractivity (Wildman–Crippen MR) is 93.9 cm³/mol. The van der Waals surface area contributed by atoms with Gasteiger partial charge in [-0.05, 0) is 37.6 Å². The maximum absolute atomic E-state index is 11.6. The zero-order valence-electron chi connectivity index (χ0n) is 14.1. The molecule has 7 nitrogen and oxygen atoms in total. The van der Waals surface area contributed by atoms with Gasteiger partial charge in [0.05, 0.1) is 0 Å². The second-order valence-corrected chi connectivity index (χ2v) is 5.51. The highest BCUT2D eigenvalue weighted by Gasteiger charge is 2.07. The molecule has 0 spiro atoms. The van der Waals surface area contributed by atoms with Gasteiger partial charge < -0.3 is 10.1 Å². The summed E-state index contributed by atoms with van der Waals surface area (Å²) in [5, 5.41) is 2.84. The number of hydrogen-bond acceptors (Lipinski definition) is 5. The molecule has 0 aliphatic rings. The molecular weight excluding hydrogens is 318 g/mol. The lowest BCUT2D eigenvalue weighted by Crippen LogP contribution is -2.10. The Morgan fingerprint density at radius 3 is 2.72 bits per heavy atom. The Labute approximate surface area is 145 Å². The van der Waals surface area contributed by atoms with E-state index in [1.807, 2.05) is 6.92 Å². The molecule has 0 radical (unpaired) electrons. The molecule has 0 atom stereocenters. The van der Waals surface area contributed by atoms with Crippen molar-refractivity contribution in [2.45, 2.75) is 26.7 Å². The number of aromatic nitrogens is 4. The zero-order chi connectivity index (χ0) is 17.6. The number of carbonyl (C=O) groups excluding carboxylic acids is 1. The number of ether oxygens (including phenoxy) is 1. The number of nitrogens with zero attached hydrogens (tertiary/aromatic N) is 4. The normalized spacial score (nSPS) is 10.5. The van der Waals surface area contributed by atoms with E-state index < -0.39 is 0 Å². The highest BCUT2D eigenvalue weighted by atomic mass is 16.5. The lowest BCUT2D eigenvalue weighted by atomic mass is 10.2. The number of anilines is 1. The Kier molecular flexibility index (Phi) is 5.03. The van der Waals surface area contributed by atoms with Crippen molar-refractivity contribution < 1.29 is 9.53 Å². The Morgan fingerprint density at radius 2 is 2.04 bits per heavy atom. The van der Waals surface area contributed by atoms with E-state index >= 15 is 0 Å². The van der Waals surface area contributed by atoms with Gasteiger partial charge in [-0.3, -0.25) is 9.36 Å². The highest BCUT2D eigenvalue weighted by molar-refractivity contribution is 5.90. The van der Waals surface area contributed by atoms with Gasteiger partial charge in [-0.1, -0.05) is 6.92 Å². The van der Waals surface area contributed by atoms with Crippen LogP contribution in [-0.2, 0) is 4.79 Å². The molecule has 3 aromatic rings. The number of hydrogen-bond donors (Lipinski definition) is 1. The molecule has 1 amide bonds. The SMILES string of the molecule is CCCC(=O)Nc1ccc(Oc2cc(-n3ccnc3)nc(C)n2)cc1. The average Bonchev–Trinajstić information content (AvgIpc) is 3.11. The highest BCUT2D eigenvalue weighted by Crippen LogP contribution is 2.23. The Hall–Kier alpha value is -3.22. The maximum Gasteiger partial charge on any atom is 0.224 e. The first kappa shape index (κ1) is 16.6. The Morgan fingerprint density at radius 1 is 1.24 bits per heavy atom. The van der Waals surface area contributed by atoms with Crippen molar-refractivity contribution in [3.05, 3.63) is 54.9 Å². The monoisotopic (exact) mass is 337 g/mol. The zero-order valence-corrected chi connectivity index (χ0v) is 14.1. The molecule has 0 fully saturated rings. The fraction of sp³-hybridized carbons (Fsp3) is 0.222.